The van der Waals surface area contributed by atoms with Gasteiger partial charge in [0.15, 0.2) is 10.7 Å². The van der Waals surface area contributed by atoms with E-state index in [-0.39, 0.29) is 34.4 Å². The predicted molar refractivity (Wildman–Crippen MR) is 190 cm³/mol. The van der Waals surface area contributed by atoms with Gasteiger partial charge in [-0.25, -0.2) is 9.59 Å². The van der Waals surface area contributed by atoms with Crippen LogP contribution in [0.5, 0.6) is 5.75 Å². The van der Waals surface area contributed by atoms with Crippen LogP contribution in [0.1, 0.15) is 79.0 Å². The van der Waals surface area contributed by atoms with E-state index < -0.39 is 5.60 Å². The van der Waals surface area contributed by atoms with Crippen LogP contribution >= 0.6 is 22.9 Å². The van der Waals surface area contributed by atoms with Crippen molar-refractivity contribution in [2.75, 3.05) is 21.2 Å². The van der Waals surface area contributed by atoms with Gasteiger partial charge < -0.3 is 14.4 Å². The molecule has 2 amide bonds. The number of ether oxygens (including phenoxy) is 2. The third-order valence-corrected chi connectivity index (χ3v) is 11.0. The third kappa shape index (κ3) is 7.40. The average Bonchev–Trinajstić information content (AvgIpc) is 3.39. The minimum atomic E-state index is -0.572. The van der Waals surface area contributed by atoms with Gasteiger partial charge in [-0.3, -0.25) is 9.28 Å². The standard InChI is InChI=1S/C38H44ClN2O5S/c1-24(42)25-12-14-26(15-13-25)27-16-21-32(45-7)28(22-27)23-41(6,36(43)35-34(39)31-10-8-9-11-33(31)47-35)30-19-17-29(18-20-30)40(5)37(44)46-38(2,3)4/h8-16,21-22,29-30H,17-20,23H2,1-7H3/q+1. The summed E-state index contributed by atoms with van der Waals surface area (Å²) in [5.74, 6) is 0.691. The first kappa shape index (κ1) is 34.6. The minimum absolute atomic E-state index is 0.0183. The molecule has 1 aliphatic carbocycles. The van der Waals surface area contributed by atoms with Crippen molar-refractivity contribution in [3.05, 3.63) is 87.8 Å². The zero-order valence-corrected chi connectivity index (χ0v) is 29.8. The molecule has 1 atom stereocenters. The Bertz CT molecular complexity index is 1790. The number of methoxy groups -OCH3 is 1. The number of halogens is 1. The Morgan fingerprint density at radius 2 is 1.60 bits per heavy atom. The number of carbonyl (C=O) groups is 3. The van der Waals surface area contributed by atoms with Gasteiger partial charge in [-0.15, -0.1) is 11.3 Å². The predicted octanol–water partition coefficient (Wildman–Crippen LogP) is 9.40. The van der Waals surface area contributed by atoms with Crippen LogP contribution in [-0.4, -0.2) is 66.1 Å². The number of Topliss-reactive ketones (excluding diaryl/α,β-unsaturated/α-hetero) is 1. The molecule has 1 saturated carbocycles. The summed E-state index contributed by atoms with van der Waals surface area (Å²) in [6, 6.07) is 21.4. The topological polar surface area (TPSA) is 72.9 Å². The molecule has 0 saturated heterocycles. The monoisotopic (exact) mass is 675 g/mol. The number of thiophene rings is 1. The number of nitrogens with zero attached hydrogens (tertiary/aromatic N) is 2. The molecule has 248 valence electrons. The molecular weight excluding hydrogens is 632 g/mol. The molecule has 1 aromatic heterocycles. The second kappa shape index (κ2) is 13.8. The van der Waals surface area contributed by atoms with Gasteiger partial charge in [0.05, 0.1) is 25.2 Å². The van der Waals surface area contributed by atoms with E-state index in [4.69, 9.17) is 21.1 Å². The summed E-state index contributed by atoms with van der Waals surface area (Å²) in [5.41, 5.74) is 2.93. The van der Waals surface area contributed by atoms with E-state index in [1.807, 2.05) is 88.5 Å². The van der Waals surface area contributed by atoms with Gasteiger partial charge in [-0.1, -0.05) is 60.1 Å². The van der Waals surface area contributed by atoms with Crippen molar-refractivity contribution in [1.29, 1.82) is 0 Å². The molecule has 4 aromatic rings. The highest BCUT2D eigenvalue weighted by molar-refractivity contribution is 7.21. The SMILES string of the molecule is COc1ccc(-c2ccc(C(C)=O)cc2)cc1C[N+](C)(C(=O)c1sc2ccccc2c1Cl)C1CCC(N(C)C(=O)OC(C)(C)C)CC1. The molecule has 5 rings (SSSR count). The lowest BCUT2D eigenvalue weighted by Crippen LogP contribution is -2.57. The third-order valence-electron chi connectivity index (χ3n) is 9.30. The van der Waals surface area contributed by atoms with Gasteiger partial charge in [-0.2, -0.15) is 0 Å². The number of benzene rings is 3. The number of rotatable bonds is 8. The highest BCUT2D eigenvalue weighted by Gasteiger charge is 2.46. The summed E-state index contributed by atoms with van der Waals surface area (Å²) >= 11 is 8.36. The fourth-order valence-electron chi connectivity index (χ4n) is 6.58. The maximum absolute atomic E-state index is 14.8. The number of quaternary nitrogens is 1. The van der Waals surface area contributed by atoms with Crippen molar-refractivity contribution < 1.29 is 28.3 Å². The molecule has 1 aliphatic rings. The number of ketones is 1. The van der Waals surface area contributed by atoms with Crippen LogP contribution in [0.25, 0.3) is 21.2 Å². The van der Waals surface area contributed by atoms with Crippen molar-refractivity contribution in [2.24, 2.45) is 0 Å². The molecule has 3 aromatic carbocycles. The molecule has 47 heavy (non-hydrogen) atoms. The first-order valence-corrected chi connectivity index (χ1v) is 17.2. The lowest BCUT2D eigenvalue weighted by Gasteiger charge is -2.43. The quantitative estimate of drug-likeness (QED) is 0.137. The van der Waals surface area contributed by atoms with E-state index >= 15 is 0 Å². The van der Waals surface area contributed by atoms with Gasteiger partial charge in [0.1, 0.15) is 17.9 Å². The van der Waals surface area contributed by atoms with Gasteiger partial charge in [0.2, 0.25) is 0 Å². The molecule has 9 heteroatoms. The van der Waals surface area contributed by atoms with E-state index in [2.05, 4.69) is 6.07 Å². The Morgan fingerprint density at radius 1 is 0.957 bits per heavy atom. The number of hydrogen-bond donors (Lipinski definition) is 0. The zero-order chi connectivity index (χ0) is 34.1. The van der Waals surface area contributed by atoms with Crippen LogP contribution in [0.2, 0.25) is 5.02 Å². The van der Waals surface area contributed by atoms with E-state index in [1.54, 1.807) is 26.0 Å². The minimum Gasteiger partial charge on any atom is -0.496 e. The van der Waals surface area contributed by atoms with Crippen LogP contribution in [0.4, 0.5) is 4.79 Å². The largest absolute Gasteiger partial charge is 0.496 e. The van der Waals surface area contributed by atoms with Crippen molar-refractivity contribution in [1.82, 2.24) is 4.90 Å². The first-order valence-electron chi connectivity index (χ1n) is 16.0. The van der Waals surface area contributed by atoms with Crippen molar-refractivity contribution in [2.45, 2.75) is 77.6 Å². The normalized spacial score (nSPS) is 18.0. The summed E-state index contributed by atoms with van der Waals surface area (Å²) in [6.07, 6.45) is 2.67. The number of carbonyl (C=O) groups excluding carboxylic acids is 3. The Morgan fingerprint density at radius 3 is 2.19 bits per heavy atom. The lowest BCUT2D eigenvalue weighted by atomic mass is 9.87. The summed E-state index contributed by atoms with van der Waals surface area (Å²) in [4.78, 5) is 41.8. The summed E-state index contributed by atoms with van der Waals surface area (Å²) in [5, 5.41) is 1.37. The Labute approximate surface area is 286 Å². The summed E-state index contributed by atoms with van der Waals surface area (Å²) in [7, 11) is 5.46. The smallest absolute Gasteiger partial charge is 0.410 e. The first-order chi connectivity index (χ1) is 22.2. The molecule has 0 radical (unpaired) electrons. The van der Waals surface area contributed by atoms with Gasteiger partial charge in [-0.05, 0) is 69.9 Å². The highest BCUT2D eigenvalue weighted by atomic mass is 35.5. The molecule has 0 bridgehead atoms. The molecule has 1 fully saturated rings. The summed E-state index contributed by atoms with van der Waals surface area (Å²) in [6.45, 7) is 7.56. The molecule has 0 aliphatic heterocycles. The van der Waals surface area contributed by atoms with Crippen LogP contribution in [0.3, 0.4) is 0 Å². The molecule has 1 heterocycles. The second-order valence-corrected chi connectivity index (χ2v) is 15.1. The van der Waals surface area contributed by atoms with Gasteiger partial charge in [0.25, 0.3) is 0 Å². The highest BCUT2D eigenvalue weighted by Crippen LogP contribution is 2.41. The molecule has 7 nitrogen and oxygen atoms in total. The fraction of sp³-hybridized carbons (Fsp3) is 0.395. The van der Waals surface area contributed by atoms with Gasteiger partial charge >= 0.3 is 12.0 Å². The molecule has 0 N–H and O–H groups in total. The van der Waals surface area contributed by atoms with Crippen molar-refractivity contribution >= 4 is 50.8 Å². The maximum Gasteiger partial charge on any atom is 0.410 e. The van der Waals surface area contributed by atoms with Gasteiger partial charge in [0, 0.05) is 47.1 Å². The maximum atomic E-state index is 14.8. The van der Waals surface area contributed by atoms with Crippen molar-refractivity contribution in [3.8, 4) is 16.9 Å². The molecule has 0 spiro atoms. The lowest BCUT2D eigenvalue weighted by molar-refractivity contribution is -0.870. The van der Waals surface area contributed by atoms with E-state index in [0.29, 0.717) is 27.8 Å². The average molecular weight is 676 g/mol. The van der Waals surface area contributed by atoms with E-state index in [9.17, 15) is 14.4 Å². The van der Waals surface area contributed by atoms with Crippen LogP contribution < -0.4 is 4.74 Å². The number of fused-ring (bicyclic) bond motifs is 1. The van der Waals surface area contributed by atoms with Crippen molar-refractivity contribution in [3.63, 3.8) is 0 Å². The number of hydrogen-bond acceptors (Lipinski definition) is 6. The fourth-order valence-corrected chi connectivity index (χ4v) is 8.14. The van der Waals surface area contributed by atoms with Crippen LogP contribution in [-0.2, 0) is 11.3 Å². The molecule has 1 unspecified atom stereocenters. The van der Waals surface area contributed by atoms with E-state index in [0.717, 1.165) is 52.5 Å². The Hall–Kier alpha value is -3.72. The van der Waals surface area contributed by atoms with Crippen LogP contribution in [0.15, 0.2) is 66.7 Å². The Balaban J connectivity index is 1.50. The van der Waals surface area contributed by atoms with Crippen LogP contribution in [0, 0.1) is 0 Å². The Kier molecular flexibility index (Phi) is 10.2. The zero-order valence-electron chi connectivity index (χ0n) is 28.3. The number of amides is 2. The van der Waals surface area contributed by atoms with E-state index in [1.165, 1.54) is 11.3 Å². The summed E-state index contributed by atoms with van der Waals surface area (Å²) < 4.78 is 12.6. The second-order valence-electron chi connectivity index (χ2n) is 13.7. The molecular formula is C38H44ClN2O5S+.